The molecule has 0 fully saturated rings. The van der Waals surface area contributed by atoms with E-state index >= 15 is 0 Å². The number of azide groups is 1. The molecule has 0 aromatic carbocycles. The van der Waals surface area contributed by atoms with Crippen molar-refractivity contribution in [1.82, 2.24) is 0 Å². The van der Waals surface area contributed by atoms with Gasteiger partial charge < -0.3 is 20.1 Å². The summed E-state index contributed by atoms with van der Waals surface area (Å²) in [5, 5.41) is 33.2. The molecule has 202 valence electrons. The number of ether oxygens (including phenoxy) is 1. The molecule has 3 N–H and O–H groups in total. The van der Waals surface area contributed by atoms with E-state index < -0.39 is 36.3 Å². The molecule has 1 rings (SSSR count). The zero-order chi connectivity index (χ0) is 27.6. The van der Waals surface area contributed by atoms with Gasteiger partial charge in [0.1, 0.15) is 6.10 Å². The fourth-order valence-electron chi connectivity index (χ4n) is 3.62. The van der Waals surface area contributed by atoms with Crippen LogP contribution in [0.25, 0.3) is 10.4 Å². The van der Waals surface area contributed by atoms with Gasteiger partial charge in [-0.2, -0.15) is 0 Å². The van der Waals surface area contributed by atoms with E-state index in [0.717, 1.165) is 11.1 Å². The van der Waals surface area contributed by atoms with Crippen molar-refractivity contribution in [3.8, 4) is 0 Å². The molecule has 0 aliphatic carbocycles. The third-order valence-corrected chi connectivity index (χ3v) is 5.73. The monoisotopic (exact) mass is 513 g/mol. The van der Waals surface area contributed by atoms with Crippen molar-refractivity contribution in [2.45, 2.75) is 83.7 Å². The lowest BCUT2D eigenvalue weighted by Crippen LogP contribution is -2.24. The van der Waals surface area contributed by atoms with E-state index in [2.05, 4.69) is 10.0 Å². The van der Waals surface area contributed by atoms with Crippen LogP contribution in [0.2, 0.25) is 0 Å². The minimum absolute atomic E-state index is 0.180. The average molecular weight is 514 g/mol. The molecule has 9 nitrogen and oxygen atoms in total. The van der Waals surface area contributed by atoms with E-state index in [4.69, 9.17) is 10.3 Å². The zero-order valence-electron chi connectivity index (χ0n) is 21.8. The average Bonchev–Trinajstić information content (AvgIpc) is 2.84. The number of rotatable bonds is 4. The maximum absolute atomic E-state index is 12.5. The molecule has 0 radical (unpaired) electrons. The van der Waals surface area contributed by atoms with Gasteiger partial charge in [-0.15, -0.1) is 0 Å². The van der Waals surface area contributed by atoms with E-state index in [9.17, 15) is 24.9 Å². The van der Waals surface area contributed by atoms with E-state index in [1.165, 1.54) is 24.3 Å². The topological polar surface area (TPSA) is 153 Å². The summed E-state index contributed by atoms with van der Waals surface area (Å²) in [6.45, 7) is 5.64. The number of cyclic esters (lactones) is 1. The van der Waals surface area contributed by atoms with Gasteiger partial charge in [-0.3, -0.25) is 4.79 Å². The predicted molar refractivity (Wildman–Crippen MR) is 143 cm³/mol. The second-order valence-electron chi connectivity index (χ2n) is 9.17. The van der Waals surface area contributed by atoms with Gasteiger partial charge in [-0.05, 0) is 62.7 Å². The van der Waals surface area contributed by atoms with Crippen LogP contribution < -0.4 is 0 Å². The Bertz CT molecular complexity index is 972. The summed E-state index contributed by atoms with van der Waals surface area (Å²) in [4.78, 5) is 26.4. The Kier molecular flexibility index (Phi) is 15.5. The summed E-state index contributed by atoms with van der Waals surface area (Å²) in [5.41, 5.74) is 10.1. The number of allylic oxidation sites excluding steroid dienone is 6. The highest BCUT2D eigenvalue weighted by Gasteiger charge is 2.20. The van der Waals surface area contributed by atoms with Crippen molar-refractivity contribution in [2.75, 3.05) is 0 Å². The first-order valence-corrected chi connectivity index (χ1v) is 12.5. The first-order chi connectivity index (χ1) is 17.6. The van der Waals surface area contributed by atoms with Crippen LogP contribution in [0.1, 0.15) is 59.3 Å². The summed E-state index contributed by atoms with van der Waals surface area (Å²) < 4.78 is 5.76. The summed E-state index contributed by atoms with van der Waals surface area (Å²) in [6.07, 6.45) is 16.1. The Balaban J connectivity index is 3.05. The van der Waals surface area contributed by atoms with Crippen LogP contribution in [0.4, 0.5) is 0 Å². The smallest absolute Gasteiger partial charge is 0.330 e. The second-order valence-corrected chi connectivity index (χ2v) is 9.17. The first kappa shape index (κ1) is 31.8. The van der Waals surface area contributed by atoms with E-state index in [0.29, 0.717) is 38.5 Å². The maximum Gasteiger partial charge on any atom is 0.330 e. The highest BCUT2D eigenvalue weighted by Crippen LogP contribution is 2.21. The van der Waals surface area contributed by atoms with Crippen molar-refractivity contribution in [2.24, 2.45) is 11.0 Å². The Hall–Kier alpha value is -3.23. The molecule has 37 heavy (non-hydrogen) atoms. The summed E-state index contributed by atoms with van der Waals surface area (Å²) >= 11 is 0. The van der Waals surface area contributed by atoms with Crippen molar-refractivity contribution in [1.29, 1.82) is 0 Å². The van der Waals surface area contributed by atoms with Crippen LogP contribution in [-0.4, -0.2) is 51.6 Å². The summed E-state index contributed by atoms with van der Waals surface area (Å²) in [7, 11) is 0. The standard InChI is InChI=1S/C28H39N3O6/c1-20-10-6-4-8-12-24(33)25(34)16-15-23(32)11-7-5-9-13-28(36)37-26(19-20)22(3)18-21(2)14-17-27(35)30-31-29/h4,6,9-10,13-18,22-26,32-34H,5,7-8,11-12,19H2,1-3H3/b6-4+,13-9+,16-15+,17-14+,20-10+,21-18+/t22-,23+,24+,25+,26-/m0/s1. The number of carbonyl (C=O) groups excluding carboxylic acids is 2. The van der Waals surface area contributed by atoms with Gasteiger partial charge in [-0.1, -0.05) is 66.7 Å². The van der Waals surface area contributed by atoms with Crippen molar-refractivity contribution in [3.63, 3.8) is 0 Å². The number of esters is 1. The maximum atomic E-state index is 12.5. The molecule has 0 spiro atoms. The number of carbonyl (C=O) groups is 2. The molecular formula is C28H39N3O6. The molecule has 1 amide bonds. The van der Waals surface area contributed by atoms with Crippen molar-refractivity contribution < 1.29 is 29.6 Å². The fourth-order valence-corrected chi connectivity index (χ4v) is 3.62. The van der Waals surface area contributed by atoms with E-state index in [1.54, 1.807) is 19.1 Å². The third kappa shape index (κ3) is 14.8. The Morgan fingerprint density at radius 3 is 2.68 bits per heavy atom. The highest BCUT2D eigenvalue weighted by atomic mass is 16.5. The van der Waals surface area contributed by atoms with Gasteiger partial charge >= 0.3 is 5.97 Å². The van der Waals surface area contributed by atoms with Crippen molar-refractivity contribution in [3.05, 3.63) is 82.3 Å². The molecule has 0 saturated heterocycles. The number of hydrogen-bond acceptors (Lipinski definition) is 6. The van der Waals surface area contributed by atoms with Crippen LogP contribution in [-0.2, 0) is 14.3 Å². The van der Waals surface area contributed by atoms with Crippen LogP contribution in [0.5, 0.6) is 0 Å². The highest BCUT2D eigenvalue weighted by molar-refractivity contribution is 5.88. The summed E-state index contributed by atoms with van der Waals surface area (Å²) in [5.74, 6) is -1.34. The van der Waals surface area contributed by atoms with Gasteiger partial charge in [0, 0.05) is 23.3 Å². The first-order valence-electron chi connectivity index (χ1n) is 12.5. The fraction of sp³-hybridized carbons (Fsp3) is 0.500. The molecule has 9 heteroatoms. The lowest BCUT2D eigenvalue weighted by molar-refractivity contribution is -0.144. The van der Waals surface area contributed by atoms with Gasteiger partial charge in [0.15, 0.2) is 0 Å². The predicted octanol–water partition coefficient (Wildman–Crippen LogP) is 4.93. The molecular weight excluding hydrogens is 474 g/mol. The van der Waals surface area contributed by atoms with Crippen LogP contribution in [0, 0.1) is 5.92 Å². The normalized spacial score (nSPS) is 30.2. The zero-order valence-corrected chi connectivity index (χ0v) is 21.8. The molecule has 0 aromatic rings. The Morgan fingerprint density at radius 2 is 1.95 bits per heavy atom. The molecule has 0 bridgehead atoms. The number of aliphatic hydroxyl groups excluding tert-OH is 3. The molecule has 0 unspecified atom stereocenters. The molecule has 5 atom stereocenters. The van der Waals surface area contributed by atoms with Gasteiger partial charge in [0.25, 0.3) is 0 Å². The number of aliphatic hydroxyl groups is 3. The lowest BCUT2D eigenvalue weighted by atomic mass is 9.95. The van der Waals surface area contributed by atoms with Gasteiger partial charge in [0.2, 0.25) is 5.91 Å². The SMILES string of the molecule is CC(/C=C/C(=O)N=[N+]=[N-])=C\[C@H](C)[C@@H]1C/C(C)=C/C=C/CC[C@@H](O)[C@H](O)/C=C/[C@H](O)CCC/C=C/C(=O)O1. The van der Waals surface area contributed by atoms with Crippen LogP contribution in [0.15, 0.2) is 77.0 Å². The number of amides is 1. The molecule has 0 saturated carbocycles. The minimum atomic E-state index is -1.05. The second kappa shape index (κ2) is 18.1. The molecule has 1 aliphatic heterocycles. The van der Waals surface area contributed by atoms with E-state index in [-0.39, 0.29) is 5.92 Å². The Labute approximate surface area is 218 Å². The summed E-state index contributed by atoms with van der Waals surface area (Å²) in [6, 6.07) is 0. The lowest BCUT2D eigenvalue weighted by Gasteiger charge is -2.22. The number of hydrogen-bond donors (Lipinski definition) is 3. The number of nitrogens with zero attached hydrogens (tertiary/aromatic N) is 3. The van der Waals surface area contributed by atoms with Gasteiger partial charge in [-0.25, -0.2) is 4.79 Å². The van der Waals surface area contributed by atoms with Crippen LogP contribution in [0.3, 0.4) is 0 Å². The molecule has 1 aliphatic rings. The minimum Gasteiger partial charge on any atom is -0.458 e. The third-order valence-electron chi connectivity index (χ3n) is 5.73. The molecule has 0 aromatic heterocycles. The van der Waals surface area contributed by atoms with Crippen molar-refractivity contribution >= 4 is 11.9 Å². The largest absolute Gasteiger partial charge is 0.458 e. The molecule has 1 heterocycles. The van der Waals surface area contributed by atoms with Crippen LogP contribution >= 0.6 is 0 Å². The quantitative estimate of drug-likeness (QED) is 0.0922. The van der Waals surface area contributed by atoms with Gasteiger partial charge in [0.05, 0.1) is 18.3 Å². The Morgan fingerprint density at radius 1 is 1.19 bits per heavy atom. The van der Waals surface area contributed by atoms with E-state index in [1.807, 2.05) is 38.2 Å².